The van der Waals surface area contributed by atoms with Gasteiger partial charge in [-0.15, -0.1) is 0 Å². The number of hydrogen-bond acceptors (Lipinski definition) is 5. The second-order valence-corrected chi connectivity index (χ2v) is 7.98. The van der Waals surface area contributed by atoms with Crippen LogP contribution < -0.4 is 16.0 Å². The van der Waals surface area contributed by atoms with E-state index in [1.54, 1.807) is 48.3 Å². The van der Waals surface area contributed by atoms with E-state index in [4.69, 9.17) is 17.0 Å². The number of aromatic nitrogens is 4. The van der Waals surface area contributed by atoms with E-state index in [1.165, 1.54) is 6.07 Å². The highest BCUT2D eigenvalue weighted by Crippen LogP contribution is 2.44. The van der Waals surface area contributed by atoms with Gasteiger partial charge in [-0.3, -0.25) is 9.48 Å². The maximum absolute atomic E-state index is 15.5. The quantitative estimate of drug-likeness (QED) is 0.364. The molecule has 0 spiro atoms. The van der Waals surface area contributed by atoms with Crippen molar-refractivity contribution in [1.29, 1.82) is 0 Å². The van der Waals surface area contributed by atoms with Crippen LogP contribution in [0.4, 0.5) is 10.1 Å². The first-order chi connectivity index (χ1) is 17.0. The number of halogens is 1. The Bertz CT molecular complexity index is 1710. The summed E-state index contributed by atoms with van der Waals surface area (Å²) in [6.45, 7) is 10.1. The number of rotatable bonds is 5. The molecule has 0 aliphatic heterocycles. The fourth-order valence-corrected chi connectivity index (χ4v) is 4.47. The molecule has 3 aromatic carbocycles. The topological polar surface area (TPSA) is 103 Å². The lowest BCUT2D eigenvalue weighted by atomic mass is 9.95. The summed E-state index contributed by atoms with van der Waals surface area (Å²) in [7, 11) is 1.70. The van der Waals surface area contributed by atoms with Gasteiger partial charge >= 0.3 is 0 Å². The molecule has 0 saturated heterocycles. The van der Waals surface area contributed by atoms with E-state index in [-0.39, 0.29) is 17.8 Å². The number of nitrogens with zero attached hydrogens (tertiary/aromatic N) is 4. The van der Waals surface area contributed by atoms with Crippen molar-refractivity contribution in [2.75, 3.05) is 6.61 Å². The van der Waals surface area contributed by atoms with Crippen molar-refractivity contribution < 1.29 is 9.13 Å². The molecule has 174 valence electrons. The number of nitrogens with two attached hydrogens (primary N) is 1. The van der Waals surface area contributed by atoms with Crippen LogP contribution in [0.25, 0.3) is 48.8 Å². The maximum Gasteiger partial charge on any atom is 0.275 e. The average Bonchev–Trinajstić information content (AvgIpc) is 3.24. The number of aromatic amines is 1. The van der Waals surface area contributed by atoms with Gasteiger partial charge in [0.05, 0.1) is 36.1 Å². The molecule has 9 heteroatoms. The summed E-state index contributed by atoms with van der Waals surface area (Å²) in [5.74, 6) is -0.163. The van der Waals surface area contributed by atoms with E-state index < -0.39 is 11.4 Å². The highest BCUT2D eigenvalue weighted by Gasteiger charge is 2.24. The molecule has 0 aliphatic rings. The molecular weight excluding hydrogens is 447 g/mol. The SMILES string of the molecule is [C-]#[N+]c1c(-c2c(-c3cc(OCC)c4c(=O)[nH]nc(CN)c4c3)cnn2C)c(F)cc2ccccc12. The Hall–Kier alpha value is -4.55. The average molecular weight is 468 g/mol. The number of aryl methyl sites for hydroxylation is 1. The van der Waals surface area contributed by atoms with E-state index >= 15 is 4.39 Å². The Labute approximate surface area is 199 Å². The van der Waals surface area contributed by atoms with Gasteiger partial charge in [0.25, 0.3) is 5.56 Å². The highest BCUT2D eigenvalue weighted by molar-refractivity contribution is 6.04. The van der Waals surface area contributed by atoms with Crippen LogP contribution in [-0.2, 0) is 13.6 Å². The molecular formula is C26H21FN6O2. The molecule has 0 amide bonds. The zero-order valence-corrected chi connectivity index (χ0v) is 19.1. The standard InChI is InChI=1S/C26H21FN6O2/c1-4-35-21-11-15(9-17-20(12-28)31-32-26(34)22(17)21)18-13-30-33(3)25(18)23-19(27)10-14-7-5-6-8-16(14)24(23)29-2/h5-11,13H,4,12,28H2,1,3H3,(H,32,34). The van der Waals surface area contributed by atoms with Crippen molar-refractivity contribution in [3.05, 3.63) is 81.9 Å². The second-order valence-electron chi connectivity index (χ2n) is 7.98. The van der Waals surface area contributed by atoms with Crippen molar-refractivity contribution in [2.24, 2.45) is 12.8 Å². The third-order valence-electron chi connectivity index (χ3n) is 6.00. The molecule has 5 rings (SSSR count). The van der Waals surface area contributed by atoms with Gasteiger partial charge in [-0.2, -0.15) is 10.2 Å². The van der Waals surface area contributed by atoms with Gasteiger partial charge in [0.2, 0.25) is 5.69 Å². The second kappa shape index (κ2) is 8.66. The van der Waals surface area contributed by atoms with Crippen LogP contribution in [-0.4, -0.2) is 26.6 Å². The Morgan fingerprint density at radius 3 is 2.77 bits per heavy atom. The zero-order chi connectivity index (χ0) is 24.7. The summed E-state index contributed by atoms with van der Waals surface area (Å²) >= 11 is 0. The van der Waals surface area contributed by atoms with Crippen LogP contribution in [0, 0.1) is 12.4 Å². The van der Waals surface area contributed by atoms with Crippen molar-refractivity contribution >= 4 is 27.2 Å². The lowest BCUT2D eigenvalue weighted by Crippen LogP contribution is -2.14. The molecule has 0 aliphatic carbocycles. The number of H-pyrrole nitrogens is 1. The third kappa shape index (κ3) is 3.52. The lowest BCUT2D eigenvalue weighted by molar-refractivity contribution is 0.344. The Morgan fingerprint density at radius 2 is 2.03 bits per heavy atom. The van der Waals surface area contributed by atoms with Gasteiger partial charge in [0.1, 0.15) is 11.6 Å². The molecule has 0 saturated carbocycles. The molecule has 0 fully saturated rings. The Kier molecular flexibility index (Phi) is 5.51. The molecule has 35 heavy (non-hydrogen) atoms. The van der Waals surface area contributed by atoms with Crippen molar-refractivity contribution in [2.45, 2.75) is 13.5 Å². The molecule has 0 bridgehead atoms. The minimum Gasteiger partial charge on any atom is -0.493 e. The lowest BCUT2D eigenvalue weighted by Gasteiger charge is -2.15. The van der Waals surface area contributed by atoms with Crippen LogP contribution in [0.1, 0.15) is 12.6 Å². The summed E-state index contributed by atoms with van der Waals surface area (Å²) in [6, 6.07) is 12.1. The van der Waals surface area contributed by atoms with Crippen molar-refractivity contribution in [1.82, 2.24) is 20.0 Å². The molecule has 0 radical (unpaired) electrons. The first-order valence-electron chi connectivity index (χ1n) is 11.0. The molecule has 2 aromatic heterocycles. The number of hydrogen-bond donors (Lipinski definition) is 2. The van der Waals surface area contributed by atoms with Crippen molar-refractivity contribution in [3.63, 3.8) is 0 Å². The fourth-order valence-electron chi connectivity index (χ4n) is 4.47. The van der Waals surface area contributed by atoms with Gasteiger partial charge in [0.15, 0.2) is 0 Å². The van der Waals surface area contributed by atoms with Crippen LogP contribution in [0.3, 0.4) is 0 Å². The summed E-state index contributed by atoms with van der Waals surface area (Å²) < 4.78 is 22.9. The van der Waals surface area contributed by atoms with Crippen LogP contribution in [0.5, 0.6) is 5.75 Å². The smallest absolute Gasteiger partial charge is 0.275 e. The molecule has 0 unspecified atom stereocenters. The minimum atomic E-state index is -0.522. The predicted octanol–water partition coefficient (Wildman–Crippen LogP) is 4.69. The van der Waals surface area contributed by atoms with Gasteiger partial charge in [-0.25, -0.2) is 14.3 Å². The highest BCUT2D eigenvalue weighted by atomic mass is 19.1. The number of ether oxygens (including phenoxy) is 1. The van der Waals surface area contributed by atoms with Crippen LogP contribution in [0.2, 0.25) is 0 Å². The van der Waals surface area contributed by atoms with Gasteiger partial charge in [0, 0.05) is 30.1 Å². The molecule has 8 nitrogen and oxygen atoms in total. The summed E-state index contributed by atoms with van der Waals surface area (Å²) in [5.41, 5.74) is 8.01. The zero-order valence-electron chi connectivity index (χ0n) is 19.1. The summed E-state index contributed by atoms with van der Waals surface area (Å²) in [6.07, 6.45) is 1.61. The predicted molar refractivity (Wildman–Crippen MR) is 133 cm³/mol. The Balaban J connectivity index is 1.86. The van der Waals surface area contributed by atoms with Crippen LogP contribution >= 0.6 is 0 Å². The van der Waals surface area contributed by atoms with E-state index in [0.717, 1.165) is 0 Å². The normalized spacial score (nSPS) is 11.2. The monoisotopic (exact) mass is 468 g/mol. The third-order valence-corrected chi connectivity index (χ3v) is 6.00. The first kappa shape index (κ1) is 22.3. The van der Waals surface area contributed by atoms with Crippen molar-refractivity contribution in [3.8, 4) is 28.1 Å². The largest absolute Gasteiger partial charge is 0.493 e. The van der Waals surface area contributed by atoms with E-state index in [0.29, 0.717) is 56.4 Å². The first-order valence-corrected chi connectivity index (χ1v) is 11.0. The summed E-state index contributed by atoms with van der Waals surface area (Å²) in [4.78, 5) is 16.3. The van der Waals surface area contributed by atoms with Gasteiger partial charge in [-0.1, -0.05) is 24.3 Å². The van der Waals surface area contributed by atoms with Crippen LogP contribution in [0.15, 0.2) is 53.5 Å². The van der Waals surface area contributed by atoms with Gasteiger partial charge in [-0.05, 0) is 41.5 Å². The van der Waals surface area contributed by atoms with E-state index in [1.807, 2.05) is 13.0 Å². The molecule has 5 aromatic rings. The summed E-state index contributed by atoms with van der Waals surface area (Å²) in [5, 5.41) is 13.1. The van der Waals surface area contributed by atoms with E-state index in [9.17, 15) is 4.79 Å². The Morgan fingerprint density at radius 1 is 1.23 bits per heavy atom. The molecule has 0 atom stereocenters. The minimum absolute atomic E-state index is 0.101. The van der Waals surface area contributed by atoms with Gasteiger partial charge < -0.3 is 10.5 Å². The fraction of sp³-hybridized carbons (Fsp3) is 0.154. The number of fused-ring (bicyclic) bond motifs is 2. The van der Waals surface area contributed by atoms with E-state index in [2.05, 4.69) is 20.1 Å². The number of benzene rings is 3. The number of nitrogens with one attached hydrogen (secondary N) is 1. The molecule has 2 heterocycles. The molecule has 3 N–H and O–H groups in total. The maximum atomic E-state index is 15.5.